The molecule has 0 unspecified atom stereocenters. The summed E-state index contributed by atoms with van der Waals surface area (Å²) in [4.78, 5) is 23.5. The molecule has 6 heteroatoms. The van der Waals surface area contributed by atoms with Gasteiger partial charge < -0.3 is 20.7 Å². The standard InChI is InChI=1S/C18H29N3O3/c1-17(2,3)13-5-7-18(24,8-6-13)11-20-16(23)14-9-12(15(19)22)10-21(14)4/h9-10,13,24H,5-8,11H2,1-4H3,(H2,19,22)(H,20,23). The van der Waals surface area contributed by atoms with Gasteiger partial charge >= 0.3 is 0 Å². The second-order valence-electron chi connectivity index (χ2n) is 8.14. The molecule has 1 heterocycles. The molecule has 1 aliphatic carbocycles. The maximum Gasteiger partial charge on any atom is 0.268 e. The molecule has 134 valence electrons. The van der Waals surface area contributed by atoms with E-state index in [2.05, 4.69) is 26.1 Å². The summed E-state index contributed by atoms with van der Waals surface area (Å²) in [5, 5.41) is 13.5. The zero-order chi connectivity index (χ0) is 18.1. The van der Waals surface area contributed by atoms with E-state index in [4.69, 9.17) is 5.73 Å². The number of hydrogen-bond acceptors (Lipinski definition) is 3. The number of carbonyl (C=O) groups is 2. The fourth-order valence-electron chi connectivity index (χ4n) is 3.46. The number of hydrogen-bond donors (Lipinski definition) is 3. The Balaban J connectivity index is 1.93. The van der Waals surface area contributed by atoms with Crippen LogP contribution in [0, 0.1) is 11.3 Å². The summed E-state index contributed by atoms with van der Waals surface area (Å²) in [5.41, 5.74) is 5.28. The summed E-state index contributed by atoms with van der Waals surface area (Å²) in [7, 11) is 1.69. The van der Waals surface area contributed by atoms with E-state index < -0.39 is 11.5 Å². The summed E-state index contributed by atoms with van der Waals surface area (Å²) in [6.07, 6.45) is 4.84. The molecule has 0 bridgehead atoms. The number of nitrogens with two attached hydrogens (primary N) is 1. The van der Waals surface area contributed by atoms with Crippen LogP contribution in [0.4, 0.5) is 0 Å². The molecule has 1 aliphatic rings. The van der Waals surface area contributed by atoms with E-state index in [1.807, 2.05) is 0 Å². The molecule has 0 atom stereocenters. The van der Waals surface area contributed by atoms with E-state index in [-0.39, 0.29) is 17.9 Å². The fourth-order valence-corrected chi connectivity index (χ4v) is 3.46. The SMILES string of the molecule is Cn1cc(C(N)=O)cc1C(=O)NCC1(O)CCC(C(C)(C)C)CC1. The third kappa shape index (κ3) is 4.17. The molecule has 2 amide bonds. The van der Waals surface area contributed by atoms with Crippen LogP contribution in [0.15, 0.2) is 12.3 Å². The molecule has 4 N–H and O–H groups in total. The number of aryl methyl sites for hydroxylation is 1. The molecular weight excluding hydrogens is 306 g/mol. The van der Waals surface area contributed by atoms with Gasteiger partial charge in [-0.15, -0.1) is 0 Å². The predicted octanol–water partition coefficient (Wildman–Crippen LogP) is 1.82. The van der Waals surface area contributed by atoms with Gasteiger partial charge in [0, 0.05) is 19.8 Å². The van der Waals surface area contributed by atoms with Crippen LogP contribution in [0.3, 0.4) is 0 Å². The quantitative estimate of drug-likeness (QED) is 0.783. The molecule has 1 aromatic heterocycles. The van der Waals surface area contributed by atoms with Crippen LogP contribution in [0.5, 0.6) is 0 Å². The van der Waals surface area contributed by atoms with Crippen molar-refractivity contribution in [1.82, 2.24) is 9.88 Å². The number of aliphatic hydroxyl groups is 1. The van der Waals surface area contributed by atoms with Crippen molar-refractivity contribution in [2.75, 3.05) is 6.54 Å². The van der Waals surface area contributed by atoms with Crippen LogP contribution in [0.1, 0.15) is 67.3 Å². The minimum atomic E-state index is -0.852. The van der Waals surface area contributed by atoms with Crippen molar-refractivity contribution in [1.29, 1.82) is 0 Å². The van der Waals surface area contributed by atoms with Crippen LogP contribution in [-0.2, 0) is 7.05 Å². The number of nitrogens with one attached hydrogen (secondary N) is 1. The highest BCUT2D eigenvalue weighted by atomic mass is 16.3. The first-order valence-electron chi connectivity index (χ1n) is 8.48. The molecule has 0 saturated heterocycles. The van der Waals surface area contributed by atoms with Gasteiger partial charge in [0.25, 0.3) is 5.91 Å². The smallest absolute Gasteiger partial charge is 0.268 e. The van der Waals surface area contributed by atoms with Crippen molar-refractivity contribution in [3.63, 3.8) is 0 Å². The van der Waals surface area contributed by atoms with Gasteiger partial charge in [-0.1, -0.05) is 20.8 Å². The Hall–Kier alpha value is -1.82. The number of aromatic nitrogens is 1. The fraction of sp³-hybridized carbons (Fsp3) is 0.667. The zero-order valence-corrected chi connectivity index (χ0v) is 15.1. The van der Waals surface area contributed by atoms with E-state index in [1.54, 1.807) is 11.6 Å². The molecule has 1 saturated carbocycles. The molecule has 6 nitrogen and oxygen atoms in total. The monoisotopic (exact) mass is 335 g/mol. The molecule has 1 fully saturated rings. The van der Waals surface area contributed by atoms with Gasteiger partial charge in [-0.3, -0.25) is 9.59 Å². The van der Waals surface area contributed by atoms with Crippen molar-refractivity contribution in [2.24, 2.45) is 24.1 Å². The number of primary amides is 1. The summed E-state index contributed by atoms with van der Waals surface area (Å²) < 4.78 is 1.57. The average molecular weight is 335 g/mol. The molecular formula is C18H29N3O3. The van der Waals surface area contributed by atoms with Gasteiger partial charge in [-0.25, -0.2) is 0 Å². The third-order valence-corrected chi connectivity index (χ3v) is 5.24. The van der Waals surface area contributed by atoms with Gasteiger partial charge in [0.1, 0.15) is 5.69 Å². The Kier molecular flexibility index (Phi) is 5.08. The molecule has 1 aromatic rings. The molecule has 0 spiro atoms. The van der Waals surface area contributed by atoms with Crippen LogP contribution >= 0.6 is 0 Å². The summed E-state index contributed by atoms with van der Waals surface area (Å²) in [5.74, 6) is -0.278. The van der Waals surface area contributed by atoms with E-state index in [9.17, 15) is 14.7 Å². The largest absolute Gasteiger partial charge is 0.388 e. The van der Waals surface area contributed by atoms with Crippen LogP contribution in [0.2, 0.25) is 0 Å². The lowest BCUT2D eigenvalue weighted by molar-refractivity contribution is -0.0229. The van der Waals surface area contributed by atoms with Crippen LogP contribution in [0.25, 0.3) is 0 Å². The third-order valence-electron chi connectivity index (χ3n) is 5.24. The van der Waals surface area contributed by atoms with Gasteiger partial charge in [0.05, 0.1) is 11.2 Å². The van der Waals surface area contributed by atoms with E-state index in [0.717, 1.165) is 12.8 Å². The Morgan fingerprint density at radius 1 is 1.38 bits per heavy atom. The highest BCUT2D eigenvalue weighted by Gasteiger charge is 2.37. The van der Waals surface area contributed by atoms with Crippen LogP contribution < -0.4 is 11.1 Å². The minimum absolute atomic E-state index is 0.222. The molecule has 0 aliphatic heterocycles. The first-order valence-corrected chi connectivity index (χ1v) is 8.48. The average Bonchev–Trinajstić information content (AvgIpc) is 2.87. The number of rotatable bonds is 4. The normalized spacial score (nSPS) is 24.6. The topological polar surface area (TPSA) is 97.4 Å². The Morgan fingerprint density at radius 3 is 2.42 bits per heavy atom. The molecule has 24 heavy (non-hydrogen) atoms. The van der Waals surface area contributed by atoms with Crippen molar-refractivity contribution in [3.05, 3.63) is 23.5 Å². The van der Waals surface area contributed by atoms with Crippen molar-refractivity contribution < 1.29 is 14.7 Å². The van der Waals surface area contributed by atoms with Gasteiger partial charge in [0.15, 0.2) is 0 Å². The van der Waals surface area contributed by atoms with Gasteiger partial charge in [-0.05, 0) is 43.1 Å². The van der Waals surface area contributed by atoms with Crippen molar-refractivity contribution in [3.8, 4) is 0 Å². The lowest BCUT2D eigenvalue weighted by Gasteiger charge is -2.41. The maximum atomic E-state index is 12.3. The second kappa shape index (κ2) is 6.59. The van der Waals surface area contributed by atoms with E-state index in [0.29, 0.717) is 30.0 Å². The van der Waals surface area contributed by atoms with Crippen molar-refractivity contribution in [2.45, 2.75) is 52.1 Å². The molecule has 2 rings (SSSR count). The second-order valence-corrected chi connectivity index (χ2v) is 8.14. The lowest BCUT2D eigenvalue weighted by Crippen LogP contribution is -2.46. The van der Waals surface area contributed by atoms with Gasteiger partial charge in [0.2, 0.25) is 5.91 Å². The van der Waals surface area contributed by atoms with E-state index in [1.165, 1.54) is 12.3 Å². The first-order chi connectivity index (χ1) is 11.0. The summed E-state index contributed by atoms with van der Waals surface area (Å²) >= 11 is 0. The first kappa shape index (κ1) is 18.5. The summed E-state index contributed by atoms with van der Waals surface area (Å²) in [6.45, 7) is 6.92. The maximum absolute atomic E-state index is 12.3. The Labute approximate surface area is 143 Å². The minimum Gasteiger partial charge on any atom is -0.388 e. The highest BCUT2D eigenvalue weighted by molar-refractivity contribution is 5.98. The molecule has 0 aromatic carbocycles. The number of nitrogens with zero attached hydrogens (tertiary/aromatic N) is 1. The highest BCUT2D eigenvalue weighted by Crippen LogP contribution is 2.41. The van der Waals surface area contributed by atoms with E-state index >= 15 is 0 Å². The predicted molar refractivity (Wildman–Crippen MR) is 92.6 cm³/mol. The Morgan fingerprint density at radius 2 is 1.96 bits per heavy atom. The summed E-state index contributed by atoms with van der Waals surface area (Å²) in [6, 6.07) is 1.47. The number of carbonyl (C=O) groups excluding carboxylic acids is 2. The van der Waals surface area contributed by atoms with Crippen LogP contribution in [-0.4, -0.2) is 33.6 Å². The van der Waals surface area contributed by atoms with Crippen molar-refractivity contribution >= 4 is 11.8 Å². The molecule has 0 radical (unpaired) electrons. The zero-order valence-electron chi connectivity index (χ0n) is 15.1. The van der Waals surface area contributed by atoms with Gasteiger partial charge in [-0.2, -0.15) is 0 Å². The Bertz CT molecular complexity index is 620. The number of amides is 2. The lowest BCUT2D eigenvalue weighted by atomic mass is 9.68.